The van der Waals surface area contributed by atoms with Crippen LogP contribution in [-0.2, 0) is 6.54 Å². The second-order valence-corrected chi connectivity index (χ2v) is 6.34. The number of nitrogens with two attached hydrogens (primary N) is 1. The number of benzene rings is 1. The van der Waals surface area contributed by atoms with Gasteiger partial charge in [-0.15, -0.1) is 0 Å². The predicted molar refractivity (Wildman–Crippen MR) is 83.2 cm³/mol. The predicted octanol–water partition coefficient (Wildman–Crippen LogP) is 1.83. The second kappa shape index (κ2) is 7.42. The first-order valence-electron chi connectivity index (χ1n) is 7.70. The Bertz CT molecular complexity index is 526. The molecule has 0 amide bonds. The molecule has 2 rings (SSSR count). The van der Waals surface area contributed by atoms with Crippen LogP contribution in [0.15, 0.2) is 18.2 Å². The number of likely N-dealkylation sites (tertiary alicyclic amines) is 1. The van der Waals surface area contributed by atoms with Crippen LogP contribution in [0.1, 0.15) is 25.3 Å². The van der Waals surface area contributed by atoms with Crippen LogP contribution in [0.5, 0.6) is 5.75 Å². The van der Waals surface area contributed by atoms with Crippen molar-refractivity contribution in [3.8, 4) is 5.75 Å². The van der Waals surface area contributed by atoms with Crippen LogP contribution in [0.2, 0.25) is 0 Å². The smallest absolute Gasteiger partial charge is 0.387 e. The number of aliphatic hydroxyl groups excluding tert-OH is 1. The molecule has 0 spiro atoms. The van der Waals surface area contributed by atoms with Crippen LogP contribution in [0.4, 0.5) is 14.5 Å². The molecule has 2 unspecified atom stereocenters. The summed E-state index contributed by atoms with van der Waals surface area (Å²) in [6.07, 6.45) is 1.70. The van der Waals surface area contributed by atoms with Crippen LogP contribution in [-0.4, -0.2) is 47.0 Å². The van der Waals surface area contributed by atoms with Crippen LogP contribution in [0.25, 0.3) is 0 Å². The molecule has 2 atom stereocenters. The molecule has 0 aromatic heterocycles. The van der Waals surface area contributed by atoms with Gasteiger partial charge in [0.1, 0.15) is 5.75 Å². The Balaban J connectivity index is 2.09. The molecule has 0 bridgehead atoms. The molecule has 1 heterocycles. The van der Waals surface area contributed by atoms with Crippen molar-refractivity contribution in [2.24, 2.45) is 5.92 Å². The summed E-state index contributed by atoms with van der Waals surface area (Å²) in [6, 6.07) is 4.73. The zero-order chi connectivity index (χ0) is 17.0. The van der Waals surface area contributed by atoms with E-state index in [1.807, 2.05) is 0 Å². The summed E-state index contributed by atoms with van der Waals surface area (Å²) in [4.78, 5) is 2.07. The van der Waals surface area contributed by atoms with Crippen molar-refractivity contribution in [3.05, 3.63) is 23.8 Å². The molecule has 1 saturated heterocycles. The van der Waals surface area contributed by atoms with Gasteiger partial charge in [-0.1, -0.05) is 6.07 Å². The number of hydrogen-bond donors (Lipinski definition) is 3. The minimum absolute atomic E-state index is 0.0606. The van der Waals surface area contributed by atoms with Crippen LogP contribution >= 0.6 is 0 Å². The number of piperidine rings is 1. The molecular weight excluding hydrogens is 306 g/mol. The molecule has 1 fully saturated rings. The third-order valence-electron chi connectivity index (χ3n) is 4.41. The first-order valence-corrected chi connectivity index (χ1v) is 7.70. The van der Waals surface area contributed by atoms with Crippen molar-refractivity contribution in [1.29, 1.82) is 0 Å². The van der Waals surface area contributed by atoms with Gasteiger partial charge in [-0.2, -0.15) is 8.78 Å². The number of anilines is 1. The lowest BCUT2D eigenvalue weighted by atomic mass is 9.83. The highest BCUT2D eigenvalue weighted by atomic mass is 19.3. The summed E-state index contributed by atoms with van der Waals surface area (Å²) in [7, 11) is 0. The molecule has 23 heavy (non-hydrogen) atoms. The van der Waals surface area contributed by atoms with Gasteiger partial charge in [0.05, 0.1) is 12.2 Å². The van der Waals surface area contributed by atoms with Crippen molar-refractivity contribution in [2.45, 2.75) is 38.5 Å². The minimum Gasteiger partial charge on any atom is -0.434 e. The van der Waals surface area contributed by atoms with E-state index in [0.717, 1.165) is 19.4 Å². The number of rotatable bonds is 6. The van der Waals surface area contributed by atoms with Crippen molar-refractivity contribution < 1.29 is 23.7 Å². The number of halogens is 2. The first-order chi connectivity index (χ1) is 10.8. The maximum absolute atomic E-state index is 12.5. The molecular formula is C16H24F2N2O3. The highest BCUT2D eigenvalue weighted by molar-refractivity contribution is 5.48. The van der Waals surface area contributed by atoms with Crippen LogP contribution in [0.3, 0.4) is 0 Å². The van der Waals surface area contributed by atoms with E-state index in [0.29, 0.717) is 24.3 Å². The molecule has 0 saturated carbocycles. The molecule has 1 aromatic rings. The molecule has 7 heteroatoms. The molecule has 4 N–H and O–H groups in total. The average Bonchev–Trinajstić information content (AvgIpc) is 2.50. The third-order valence-corrected chi connectivity index (χ3v) is 4.41. The molecule has 5 nitrogen and oxygen atoms in total. The summed E-state index contributed by atoms with van der Waals surface area (Å²) < 4.78 is 29.6. The number of ether oxygens (including phenoxy) is 1. The highest BCUT2D eigenvalue weighted by Gasteiger charge is 2.34. The van der Waals surface area contributed by atoms with E-state index < -0.39 is 12.2 Å². The third kappa shape index (κ3) is 4.76. The number of aliphatic hydroxyl groups is 2. The Kier molecular flexibility index (Phi) is 5.78. The summed E-state index contributed by atoms with van der Waals surface area (Å²) in [6.45, 7) is 0.242. The highest BCUT2D eigenvalue weighted by Crippen LogP contribution is 2.30. The maximum Gasteiger partial charge on any atom is 0.387 e. The quantitative estimate of drug-likeness (QED) is 0.694. The largest absolute Gasteiger partial charge is 0.434 e. The Morgan fingerprint density at radius 1 is 1.48 bits per heavy atom. The molecule has 130 valence electrons. The maximum atomic E-state index is 12.5. The number of nitrogen functional groups attached to an aromatic ring is 1. The fourth-order valence-electron chi connectivity index (χ4n) is 2.98. The number of hydrogen-bond acceptors (Lipinski definition) is 5. The fourth-order valence-corrected chi connectivity index (χ4v) is 2.98. The van der Waals surface area contributed by atoms with E-state index in [1.165, 1.54) is 6.07 Å². The van der Waals surface area contributed by atoms with Crippen molar-refractivity contribution in [1.82, 2.24) is 4.90 Å². The van der Waals surface area contributed by atoms with Gasteiger partial charge in [0.25, 0.3) is 0 Å². The molecule has 1 aliphatic heterocycles. The Labute approximate surface area is 134 Å². The number of alkyl halides is 2. The molecule has 0 aliphatic carbocycles. The van der Waals surface area contributed by atoms with E-state index in [1.54, 1.807) is 19.1 Å². The number of nitrogens with zero attached hydrogens (tertiary/aromatic N) is 1. The Morgan fingerprint density at radius 2 is 2.22 bits per heavy atom. The van der Waals surface area contributed by atoms with Crippen molar-refractivity contribution in [3.63, 3.8) is 0 Å². The second-order valence-electron chi connectivity index (χ2n) is 6.34. The van der Waals surface area contributed by atoms with Gasteiger partial charge in [-0.05, 0) is 32.4 Å². The molecule has 1 aliphatic rings. The summed E-state index contributed by atoms with van der Waals surface area (Å²) >= 11 is 0. The lowest BCUT2D eigenvalue weighted by Crippen LogP contribution is -2.47. The summed E-state index contributed by atoms with van der Waals surface area (Å²) in [5.74, 6) is 0.0190. The fraction of sp³-hybridized carbons (Fsp3) is 0.625. The average molecular weight is 330 g/mol. The van der Waals surface area contributed by atoms with E-state index in [4.69, 9.17) is 5.73 Å². The van der Waals surface area contributed by atoms with Gasteiger partial charge in [0.2, 0.25) is 0 Å². The normalized spacial score (nSPS) is 22.1. The van der Waals surface area contributed by atoms with Crippen LogP contribution in [0, 0.1) is 5.92 Å². The molecule has 1 aromatic carbocycles. The summed E-state index contributed by atoms with van der Waals surface area (Å²) in [5.41, 5.74) is 5.49. The van der Waals surface area contributed by atoms with Gasteiger partial charge < -0.3 is 20.7 Å². The molecule has 0 radical (unpaired) electrons. The van der Waals surface area contributed by atoms with E-state index in [9.17, 15) is 19.0 Å². The van der Waals surface area contributed by atoms with E-state index in [2.05, 4.69) is 9.64 Å². The summed E-state index contributed by atoms with van der Waals surface area (Å²) in [5, 5.41) is 19.5. The van der Waals surface area contributed by atoms with E-state index in [-0.39, 0.29) is 18.3 Å². The lowest BCUT2D eigenvalue weighted by molar-refractivity contribution is -0.0702. The standard InChI is InChI=1S/C16H24F2N2O3/c1-16(22,10-21)12-3-2-6-20(9-12)8-11-4-5-13(19)7-14(11)23-15(17)18/h4-5,7,12,15,21-22H,2-3,6,8-10,19H2,1H3. The van der Waals surface area contributed by atoms with Crippen molar-refractivity contribution in [2.75, 3.05) is 25.4 Å². The Morgan fingerprint density at radius 3 is 2.87 bits per heavy atom. The SMILES string of the molecule is CC(O)(CO)C1CCCN(Cc2ccc(N)cc2OC(F)F)C1. The zero-order valence-electron chi connectivity index (χ0n) is 13.2. The first kappa shape index (κ1) is 17.9. The van der Waals surface area contributed by atoms with Crippen molar-refractivity contribution >= 4 is 5.69 Å². The van der Waals surface area contributed by atoms with Gasteiger partial charge in [-0.3, -0.25) is 4.90 Å². The van der Waals surface area contributed by atoms with Gasteiger partial charge >= 0.3 is 6.61 Å². The Hall–Kier alpha value is -1.44. The van der Waals surface area contributed by atoms with Gasteiger partial charge in [0, 0.05) is 36.3 Å². The van der Waals surface area contributed by atoms with E-state index >= 15 is 0 Å². The minimum atomic E-state index is -2.90. The van der Waals surface area contributed by atoms with Gasteiger partial charge in [0.15, 0.2) is 0 Å². The topological polar surface area (TPSA) is 79.0 Å². The lowest BCUT2D eigenvalue weighted by Gasteiger charge is -2.39. The van der Waals surface area contributed by atoms with Crippen LogP contribution < -0.4 is 10.5 Å². The zero-order valence-corrected chi connectivity index (χ0v) is 13.2. The monoisotopic (exact) mass is 330 g/mol. The van der Waals surface area contributed by atoms with Gasteiger partial charge in [-0.25, -0.2) is 0 Å².